The molecule has 8 heteroatoms. The Bertz CT molecular complexity index is 691. The number of nitro groups is 1. The van der Waals surface area contributed by atoms with E-state index in [1.54, 1.807) is 4.90 Å². The molecular formula is C13H14N4O4. The largest absolute Gasteiger partial charge is 0.424 e. The summed E-state index contributed by atoms with van der Waals surface area (Å²) in [4.78, 5) is 28.0. The van der Waals surface area contributed by atoms with Crippen LogP contribution in [-0.2, 0) is 4.79 Å². The molecule has 0 saturated carbocycles. The lowest BCUT2D eigenvalue weighted by atomic mass is 10.3. The second-order valence-electron chi connectivity index (χ2n) is 4.87. The highest BCUT2D eigenvalue weighted by Crippen LogP contribution is 2.23. The van der Waals surface area contributed by atoms with Crippen LogP contribution in [0.2, 0.25) is 0 Å². The first kappa shape index (κ1) is 13.3. The molecule has 1 aliphatic heterocycles. The number of carbonyl (C=O) groups is 1. The summed E-state index contributed by atoms with van der Waals surface area (Å²) in [5, 5.41) is 13.5. The summed E-state index contributed by atoms with van der Waals surface area (Å²) < 4.78 is 5.40. The van der Waals surface area contributed by atoms with Crippen molar-refractivity contribution in [2.24, 2.45) is 0 Å². The molecule has 21 heavy (non-hydrogen) atoms. The number of carbonyl (C=O) groups excluding carboxylic acids is 1. The molecule has 0 aliphatic carbocycles. The van der Waals surface area contributed by atoms with Crippen LogP contribution in [0.4, 0.5) is 11.7 Å². The Labute approximate surface area is 119 Å². The lowest BCUT2D eigenvalue weighted by Gasteiger charge is -2.14. The number of nitrogens with zero attached hydrogens (tertiary/aromatic N) is 3. The number of fused-ring (bicyclic) bond motifs is 1. The highest BCUT2D eigenvalue weighted by Gasteiger charge is 2.18. The van der Waals surface area contributed by atoms with Crippen molar-refractivity contribution in [3.8, 4) is 0 Å². The molecule has 1 saturated heterocycles. The zero-order chi connectivity index (χ0) is 14.8. The number of likely N-dealkylation sites (tertiary alicyclic amines) is 1. The Kier molecular flexibility index (Phi) is 3.43. The third kappa shape index (κ3) is 2.78. The molecule has 1 fully saturated rings. The van der Waals surface area contributed by atoms with Gasteiger partial charge in [-0.2, -0.15) is 4.98 Å². The number of amides is 1. The van der Waals surface area contributed by atoms with Gasteiger partial charge in [0.15, 0.2) is 5.58 Å². The summed E-state index contributed by atoms with van der Waals surface area (Å²) in [7, 11) is 0. The number of hydrogen-bond acceptors (Lipinski definition) is 6. The Morgan fingerprint density at radius 3 is 2.90 bits per heavy atom. The van der Waals surface area contributed by atoms with Crippen molar-refractivity contribution < 1.29 is 14.1 Å². The first-order valence-corrected chi connectivity index (χ1v) is 6.70. The average molecular weight is 290 g/mol. The Morgan fingerprint density at radius 2 is 2.19 bits per heavy atom. The maximum absolute atomic E-state index is 11.9. The number of aromatic nitrogens is 1. The molecule has 2 heterocycles. The normalized spacial score (nSPS) is 14.6. The molecule has 8 nitrogen and oxygen atoms in total. The predicted molar refractivity (Wildman–Crippen MR) is 75.0 cm³/mol. The molecule has 1 aromatic heterocycles. The maximum atomic E-state index is 11.9. The van der Waals surface area contributed by atoms with Crippen molar-refractivity contribution >= 4 is 28.7 Å². The van der Waals surface area contributed by atoms with Gasteiger partial charge in [-0.25, -0.2) is 0 Å². The van der Waals surface area contributed by atoms with Gasteiger partial charge in [0.2, 0.25) is 5.91 Å². The summed E-state index contributed by atoms with van der Waals surface area (Å²) in [6.07, 6.45) is 2.08. The van der Waals surface area contributed by atoms with Crippen molar-refractivity contribution in [3.63, 3.8) is 0 Å². The minimum atomic E-state index is -0.488. The topological polar surface area (TPSA) is 102 Å². The number of non-ortho nitro benzene ring substituents is 1. The van der Waals surface area contributed by atoms with Gasteiger partial charge in [0.25, 0.3) is 11.7 Å². The second kappa shape index (κ2) is 5.39. The van der Waals surface area contributed by atoms with Crippen LogP contribution in [0.15, 0.2) is 22.6 Å². The quantitative estimate of drug-likeness (QED) is 0.680. The van der Waals surface area contributed by atoms with Gasteiger partial charge in [0, 0.05) is 25.2 Å². The van der Waals surface area contributed by atoms with Gasteiger partial charge in [0.05, 0.1) is 11.5 Å². The van der Waals surface area contributed by atoms with Crippen LogP contribution in [0, 0.1) is 10.1 Å². The van der Waals surface area contributed by atoms with Gasteiger partial charge in [-0.15, -0.1) is 0 Å². The van der Waals surface area contributed by atoms with Crippen LogP contribution < -0.4 is 5.32 Å². The number of benzene rings is 1. The van der Waals surface area contributed by atoms with Crippen LogP contribution in [0.25, 0.3) is 11.1 Å². The van der Waals surface area contributed by atoms with Crippen LogP contribution in [0.3, 0.4) is 0 Å². The van der Waals surface area contributed by atoms with E-state index in [9.17, 15) is 14.9 Å². The summed E-state index contributed by atoms with van der Waals surface area (Å²) >= 11 is 0. The number of rotatable bonds is 4. The van der Waals surface area contributed by atoms with Crippen molar-refractivity contribution in [1.29, 1.82) is 0 Å². The lowest BCUT2D eigenvalue weighted by molar-refractivity contribution is -0.384. The molecule has 0 bridgehead atoms. The number of oxazole rings is 1. The van der Waals surface area contributed by atoms with E-state index in [1.807, 2.05) is 0 Å². The molecule has 1 N–H and O–H groups in total. The molecule has 0 atom stereocenters. The van der Waals surface area contributed by atoms with E-state index in [2.05, 4.69) is 10.3 Å². The SMILES string of the molecule is O=C(CNc1nc2cc([N+](=O)[O-])ccc2o1)N1CCCC1. The van der Waals surface area contributed by atoms with Crippen LogP contribution >= 0.6 is 0 Å². The molecule has 1 amide bonds. The number of nitrogens with one attached hydrogen (secondary N) is 1. The van der Waals surface area contributed by atoms with E-state index in [0.717, 1.165) is 25.9 Å². The molecule has 3 rings (SSSR count). The van der Waals surface area contributed by atoms with Gasteiger partial charge >= 0.3 is 0 Å². The number of hydrogen-bond donors (Lipinski definition) is 1. The monoisotopic (exact) mass is 290 g/mol. The van der Waals surface area contributed by atoms with Gasteiger partial charge in [0.1, 0.15) is 5.52 Å². The van der Waals surface area contributed by atoms with Crippen LogP contribution in [0.1, 0.15) is 12.8 Å². The minimum absolute atomic E-state index is 0.000682. The third-order valence-electron chi connectivity index (χ3n) is 3.43. The second-order valence-corrected chi connectivity index (χ2v) is 4.87. The molecule has 0 unspecified atom stereocenters. The first-order chi connectivity index (χ1) is 10.1. The minimum Gasteiger partial charge on any atom is -0.424 e. The van der Waals surface area contributed by atoms with E-state index >= 15 is 0 Å². The highest BCUT2D eigenvalue weighted by molar-refractivity contribution is 5.81. The summed E-state index contributed by atoms with van der Waals surface area (Å²) in [5.74, 6) is 0.000682. The van der Waals surface area contributed by atoms with Crippen molar-refractivity contribution in [2.75, 3.05) is 25.0 Å². The standard InChI is InChI=1S/C13H14N4O4/c18-12(16-5-1-2-6-16)8-14-13-15-10-7-9(17(19)20)3-4-11(10)21-13/h3-4,7H,1-2,5-6,8H2,(H,14,15). The maximum Gasteiger partial charge on any atom is 0.296 e. The first-order valence-electron chi connectivity index (χ1n) is 6.70. The zero-order valence-corrected chi connectivity index (χ0v) is 11.2. The van der Waals surface area contributed by atoms with E-state index in [0.29, 0.717) is 11.1 Å². The van der Waals surface area contributed by atoms with Crippen molar-refractivity contribution in [2.45, 2.75) is 12.8 Å². The highest BCUT2D eigenvalue weighted by atomic mass is 16.6. The van der Waals surface area contributed by atoms with Crippen molar-refractivity contribution in [3.05, 3.63) is 28.3 Å². The molecular weight excluding hydrogens is 276 g/mol. The van der Waals surface area contributed by atoms with E-state index in [-0.39, 0.29) is 24.2 Å². The number of anilines is 1. The molecule has 1 aromatic carbocycles. The Hall–Kier alpha value is -2.64. The van der Waals surface area contributed by atoms with Gasteiger partial charge in [-0.3, -0.25) is 14.9 Å². The molecule has 1 aliphatic rings. The fraction of sp³-hybridized carbons (Fsp3) is 0.385. The molecule has 0 spiro atoms. The molecule has 0 radical (unpaired) electrons. The molecule has 2 aromatic rings. The fourth-order valence-corrected chi connectivity index (χ4v) is 2.33. The van der Waals surface area contributed by atoms with Crippen LogP contribution in [-0.4, -0.2) is 40.3 Å². The lowest BCUT2D eigenvalue weighted by Crippen LogP contribution is -2.33. The zero-order valence-electron chi connectivity index (χ0n) is 11.2. The Balaban J connectivity index is 1.69. The smallest absolute Gasteiger partial charge is 0.296 e. The predicted octanol–water partition coefficient (Wildman–Crippen LogP) is 1.77. The summed E-state index contributed by atoms with van der Waals surface area (Å²) in [6.45, 7) is 1.69. The van der Waals surface area contributed by atoms with Crippen LogP contribution in [0.5, 0.6) is 0 Å². The van der Waals surface area contributed by atoms with Crippen molar-refractivity contribution in [1.82, 2.24) is 9.88 Å². The summed E-state index contributed by atoms with van der Waals surface area (Å²) in [5.41, 5.74) is 0.785. The number of nitro benzene ring substituents is 1. The summed E-state index contributed by atoms with van der Waals surface area (Å²) in [6, 6.07) is 4.38. The fourth-order valence-electron chi connectivity index (χ4n) is 2.33. The van der Waals surface area contributed by atoms with Gasteiger partial charge in [-0.1, -0.05) is 0 Å². The van der Waals surface area contributed by atoms with Gasteiger partial charge in [-0.05, 0) is 18.9 Å². The Morgan fingerprint density at radius 1 is 1.43 bits per heavy atom. The van der Waals surface area contributed by atoms with E-state index in [4.69, 9.17) is 4.42 Å². The average Bonchev–Trinajstić information content (AvgIpc) is 3.12. The molecule has 110 valence electrons. The van der Waals surface area contributed by atoms with E-state index in [1.165, 1.54) is 18.2 Å². The van der Waals surface area contributed by atoms with E-state index < -0.39 is 4.92 Å². The third-order valence-corrected chi connectivity index (χ3v) is 3.43. The van der Waals surface area contributed by atoms with Gasteiger partial charge < -0.3 is 14.6 Å².